The van der Waals surface area contributed by atoms with Crippen LogP contribution >= 0.6 is 23.8 Å². The molecule has 0 heterocycles. The van der Waals surface area contributed by atoms with E-state index in [-0.39, 0.29) is 0 Å². The average Bonchev–Trinajstić information content (AvgIpc) is 2.22. The molecule has 0 fully saturated rings. The zero-order chi connectivity index (χ0) is 11.3. The van der Waals surface area contributed by atoms with E-state index in [9.17, 15) is 0 Å². The molecule has 1 rings (SSSR count). The van der Waals surface area contributed by atoms with Crippen LogP contribution in [-0.4, -0.2) is 11.7 Å². The Bertz CT molecular complexity index is 368. The van der Waals surface area contributed by atoms with E-state index in [1.54, 1.807) is 0 Å². The minimum absolute atomic E-state index is 0.549. The third-order valence-electron chi connectivity index (χ3n) is 1.85. The molecule has 3 heteroatoms. The van der Waals surface area contributed by atoms with Crippen LogP contribution in [0.15, 0.2) is 29.8 Å². The Morgan fingerprint density at radius 3 is 2.53 bits per heavy atom. The molecule has 0 aromatic heterocycles. The highest BCUT2D eigenvalue weighted by atomic mass is 35.5. The summed E-state index contributed by atoms with van der Waals surface area (Å²) in [7, 11) is 0. The van der Waals surface area contributed by atoms with Crippen LogP contribution in [0.2, 0.25) is 5.02 Å². The van der Waals surface area contributed by atoms with Crippen molar-refractivity contribution in [2.24, 2.45) is 0 Å². The minimum atomic E-state index is 0.549. The summed E-state index contributed by atoms with van der Waals surface area (Å²) in [6, 6.07) is 7.59. The quantitative estimate of drug-likeness (QED) is 0.581. The van der Waals surface area contributed by atoms with Crippen molar-refractivity contribution in [3.63, 3.8) is 0 Å². The number of ether oxygens (including phenoxy) is 1. The van der Waals surface area contributed by atoms with Crippen molar-refractivity contribution in [3.05, 3.63) is 40.4 Å². The minimum Gasteiger partial charge on any atom is -0.483 e. The van der Waals surface area contributed by atoms with Gasteiger partial charge in [0, 0.05) is 10.6 Å². The van der Waals surface area contributed by atoms with Gasteiger partial charge in [0.05, 0.1) is 6.61 Å². The molecular weight excluding hydrogens is 228 g/mol. The van der Waals surface area contributed by atoms with Gasteiger partial charge in [0.15, 0.2) is 5.05 Å². The smallest absolute Gasteiger partial charge is 0.186 e. The molecule has 0 aliphatic carbocycles. The fourth-order valence-electron chi connectivity index (χ4n) is 1.11. The van der Waals surface area contributed by atoms with Gasteiger partial charge in [-0.15, -0.1) is 0 Å². The molecule has 0 radical (unpaired) electrons. The number of hydrogen-bond donors (Lipinski definition) is 0. The zero-order valence-electron chi connectivity index (χ0n) is 8.79. The highest BCUT2D eigenvalue weighted by Gasteiger charge is 1.99. The molecule has 1 nitrogen and oxygen atoms in total. The lowest BCUT2D eigenvalue weighted by Gasteiger charge is -2.04. The van der Waals surface area contributed by atoms with Crippen LogP contribution in [0.1, 0.15) is 19.4 Å². The van der Waals surface area contributed by atoms with Gasteiger partial charge in [0.2, 0.25) is 0 Å². The summed E-state index contributed by atoms with van der Waals surface area (Å²) in [5.41, 5.74) is 2.02. The highest BCUT2D eigenvalue weighted by Crippen LogP contribution is 2.13. The summed E-state index contributed by atoms with van der Waals surface area (Å²) in [5.74, 6) is 0. The van der Waals surface area contributed by atoms with Crippen molar-refractivity contribution in [2.75, 3.05) is 6.61 Å². The van der Waals surface area contributed by atoms with E-state index in [0.717, 1.165) is 16.2 Å². The molecule has 0 N–H and O–H groups in total. The van der Waals surface area contributed by atoms with E-state index >= 15 is 0 Å². The van der Waals surface area contributed by atoms with Gasteiger partial charge in [-0.2, -0.15) is 0 Å². The Morgan fingerprint density at radius 2 is 2.00 bits per heavy atom. The standard InChI is InChI=1S/C12H13ClOS/c1-3-14-12(15)9(2)8-10-4-6-11(13)7-5-10/h4-8H,3H2,1-2H3/b9-8+. The molecule has 1 aromatic rings. The molecule has 80 valence electrons. The number of halogens is 1. The average molecular weight is 241 g/mol. The van der Waals surface area contributed by atoms with Crippen molar-refractivity contribution in [2.45, 2.75) is 13.8 Å². The number of thiocarbonyl (C=S) groups is 1. The summed E-state index contributed by atoms with van der Waals surface area (Å²) in [4.78, 5) is 0. The molecule has 0 saturated carbocycles. The molecule has 1 aromatic carbocycles. The molecule has 0 unspecified atom stereocenters. The lowest BCUT2D eigenvalue weighted by atomic mass is 10.1. The van der Waals surface area contributed by atoms with E-state index in [2.05, 4.69) is 0 Å². The number of hydrogen-bond acceptors (Lipinski definition) is 2. The molecule has 0 saturated heterocycles. The van der Waals surface area contributed by atoms with Gasteiger partial charge in [0.25, 0.3) is 0 Å². The number of rotatable bonds is 3. The van der Waals surface area contributed by atoms with Gasteiger partial charge in [-0.1, -0.05) is 23.7 Å². The molecule has 0 amide bonds. The molecular formula is C12H13ClOS. The van der Waals surface area contributed by atoms with Crippen LogP contribution in [0.25, 0.3) is 6.08 Å². The Hall–Kier alpha value is -0.860. The molecule has 0 spiro atoms. The second-order valence-electron chi connectivity index (χ2n) is 3.10. The van der Waals surface area contributed by atoms with Gasteiger partial charge < -0.3 is 4.74 Å². The van der Waals surface area contributed by atoms with Crippen LogP contribution < -0.4 is 0 Å². The summed E-state index contributed by atoms with van der Waals surface area (Å²) in [6.07, 6.45) is 1.98. The summed E-state index contributed by atoms with van der Waals surface area (Å²) >= 11 is 10.9. The lowest BCUT2D eigenvalue weighted by Crippen LogP contribution is -2.01. The largest absolute Gasteiger partial charge is 0.483 e. The molecule has 0 aliphatic rings. The van der Waals surface area contributed by atoms with Gasteiger partial charge in [0.1, 0.15) is 0 Å². The molecule has 0 atom stereocenters. The first-order valence-corrected chi connectivity index (χ1v) is 5.53. The van der Waals surface area contributed by atoms with Gasteiger partial charge in [-0.25, -0.2) is 0 Å². The predicted molar refractivity (Wildman–Crippen MR) is 69.3 cm³/mol. The van der Waals surface area contributed by atoms with Gasteiger partial charge in [-0.05, 0) is 49.8 Å². The topological polar surface area (TPSA) is 9.23 Å². The molecule has 0 bridgehead atoms. The van der Waals surface area contributed by atoms with Crippen LogP contribution in [-0.2, 0) is 4.74 Å². The Balaban J connectivity index is 2.78. The predicted octanol–water partition coefficient (Wildman–Crippen LogP) is 4.11. The SMILES string of the molecule is CCOC(=S)/C(C)=C/c1ccc(Cl)cc1. The number of benzene rings is 1. The maximum atomic E-state index is 5.79. The first-order chi connectivity index (χ1) is 7.13. The van der Waals surface area contributed by atoms with Crippen molar-refractivity contribution < 1.29 is 4.74 Å². The first-order valence-electron chi connectivity index (χ1n) is 4.74. The van der Waals surface area contributed by atoms with Crippen LogP contribution in [0.4, 0.5) is 0 Å². The molecule has 0 aliphatic heterocycles. The highest BCUT2D eigenvalue weighted by molar-refractivity contribution is 7.80. The van der Waals surface area contributed by atoms with Crippen molar-refractivity contribution in [1.82, 2.24) is 0 Å². The van der Waals surface area contributed by atoms with Crippen molar-refractivity contribution in [1.29, 1.82) is 0 Å². The normalized spacial score (nSPS) is 11.3. The van der Waals surface area contributed by atoms with Crippen LogP contribution in [0.5, 0.6) is 0 Å². The fourth-order valence-corrected chi connectivity index (χ4v) is 1.42. The first kappa shape index (κ1) is 12.2. The van der Waals surface area contributed by atoms with Gasteiger partial charge in [-0.3, -0.25) is 0 Å². The van der Waals surface area contributed by atoms with Crippen LogP contribution in [0.3, 0.4) is 0 Å². The fraction of sp³-hybridized carbons (Fsp3) is 0.250. The van der Waals surface area contributed by atoms with E-state index in [1.165, 1.54) is 0 Å². The van der Waals surface area contributed by atoms with E-state index in [1.807, 2.05) is 44.2 Å². The maximum Gasteiger partial charge on any atom is 0.186 e. The third-order valence-corrected chi connectivity index (χ3v) is 2.54. The summed E-state index contributed by atoms with van der Waals surface area (Å²) in [6.45, 7) is 4.46. The van der Waals surface area contributed by atoms with Crippen LogP contribution in [0, 0.1) is 0 Å². The zero-order valence-corrected chi connectivity index (χ0v) is 10.4. The maximum absolute atomic E-state index is 5.79. The van der Waals surface area contributed by atoms with Gasteiger partial charge >= 0.3 is 0 Å². The Labute approximate surface area is 101 Å². The van der Waals surface area contributed by atoms with E-state index < -0.39 is 0 Å². The Morgan fingerprint density at radius 1 is 1.40 bits per heavy atom. The molecule has 15 heavy (non-hydrogen) atoms. The van der Waals surface area contributed by atoms with E-state index in [0.29, 0.717) is 11.7 Å². The monoisotopic (exact) mass is 240 g/mol. The lowest BCUT2D eigenvalue weighted by molar-refractivity contribution is 0.337. The van der Waals surface area contributed by atoms with Crippen molar-refractivity contribution in [3.8, 4) is 0 Å². The second kappa shape index (κ2) is 5.89. The van der Waals surface area contributed by atoms with Crippen molar-refractivity contribution >= 4 is 34.9 Å². The Kier molecular flexibility index (Phi) is 4.79. The third kappa shape index (κ3) is 4.02. The van der Waals surface area contributed by atoms with E-state index in [4.69, 9.17) is 28.6 Å². The summed E-state index contributed by atoms with van der Waals surface area (Å²) < 4.78 is 5.24. The summed E-state index contributed by atoms with van der Waals surface area (Å²) in [5, 5.41) is 1.28. The second-order valence-corrected chi connectivity index (χ2v) is 3.91.